The highest BCUT2D eigenvalue weighted by Gasteiger charge is 2.29. The van der Waals surface area contributed by atoms with E-state index >= 15 is 0 Å². The molecule has 0 aliphatic carbocycles. The van der Waals surface area contributed by atoms with Crippen LogP contribution in [0.5, 0.6) is 5.75 Å². The first kappa shape index (κ1) is 17.2. The molecule has 124 valence electrons. The summed E-state index contributed by atoms with van der Waals surface area (Å²) in [5.41, 5.74) is 1.28. The van der Waals surface area contributed by atoms with Gasteiger partial charge in [0.05, 0.1) is 19.0 Å². The highest BCUT2D eigenvalue weighted by molar-refractivity contribution is 7.89. The predicted octanol–water partition coefficient (Wildman–Crippen LogP) is 2.13. The lowest BCUT2D eigenvalue weighted by atomic mass is 9.94. The Morgan fingerprint density at radius 1 is 1.23 bits per heavy atom. The Balaban J connectivity index is 1.84. The fraction of sp³-hybridized carbons (Fsp3) is 0.625. The first-order valence-electron chi connectivity index (χ1n) is 7.66. The summed E-state index contributed by atoms with van der Waals surface area (Å²) in [5, 5.41) is 5.06. The molecule has 0 bridgehead atoms. The lowest BCUT2D eigenvalue weighted by Crippen LogP contribution is -2.25. The van der Waals surface area contributed by atoms with Crippen molar-refractivity contribution in [1.82, 2.24) is 0 Å². The third kappa shape index (κ3) is 5.26. The number of hydrogen-bond donors (Lipinski definition) is 1. The van der Waals surface area contributed by atoms with Crippen molar-refractivity contribution in [3.8, 4) is 5.75 Å². The molecule has 1 heterocycles. The smallest absolute Gasteiger partial charge is 0.209 e. The van der Waals surface area contributed by atoms with Crippen LogP contribution in [0.1, 0.15) is 31.7 Å². The molecule has 1 aliphatic heterocycles. The van der Waals surface area contributed by atoms with Gasteiger partial charge in [0.2, 0.25) is 10.0 Å². The Kier molecular flexibility index (Phi) is 5.83. The molecule has 1 fully saturated rings. The van der Waals surface area contributed by atoms with Gasteiger partial charge in [0.25, 0.3) is 0 Å². The van der Waals surface area contributed by atoms with Crippen molar-refractivity contribution < 1.29 is 17.9 Å². The van der Waals surface area contributed by atoms with Gasteiger partial charge in [-0.1, -0.05) is 26.0 Å². The van der Waals surface area contributed by atoms with Crippen LogP contribution in [-0.4, -0.2) is 34.0 Å². The maximum atomic E-state index is 11.1. The molecule has 1 aromatic rings. The molecule has 2 N–H and O–H groups in total. The van der Waals surface area contributed by atoms with E-state index in [0.29, 0.717) is 32.2 Å². The van der Waals surface area contributed by atoms with Crippen molar-refractivity contribution in [2.75, 3.05) is 25.6 Å². The number of nitrogens with two attached hydrogens (primary N) is 1. The van der Waals surface area contributed by atoms with Gasteiger partial charge in [-0.25, -0.2) is 13.6 Å². The maximum Gasteiger partial charge on any atom is 0.209 e. The Morgan fingerprint density at radius 3 is 2.45 bits per heavy atom. The Bertz CT molecular complexity index is 568. The molecular formula is C16H25NO4S. The van der Waals surface area contributed by atoms with Gasteiger partial charge < -0.3 is 9.47 Å². The van der Waals surface area contributed by atoms with Crippen molar-refractivity contribution in [1.29, 1.82) is 0 Å². The lowest BCUT2D eigenvalue weighted by Gasteiger charge is -2.18. The molecule has 1 saturated heterocycles. The fourth-order valence-electron chi connectivity index (χ4n) is 2.61. The Labute approximate surface area is 132 Å². The van der Waals surface area contributed by atoms with Crippen LogP contribution in [-0.2, 0) is 14.8 Å². The van der Waals surface area contributed by atoms with Gasteiger partial charge in [-0.05, 0) is 36.0 Å². The zero-order valence-electron chi connectivity index (χ0n) is 13.2. The Morgan fingerprint density at radius 2 is 1.86 bits per heavy atom. The summed E-state index contributed by atoms with van der Waals surface area (Å²) in [6.07, 6.45) is 0.527. The third-order valence-corrected chi connectivity index (χ3v) is 4.92. The molecule has 0 aromatic heterocycles. The molecule has 6 heteroatoms. The van der Waals surface area contributed by atoms with E-state index < -0.39 is 10.0 Å². The van der Waals surface area contributed by atoms with Gasteiger partial charge in [0, 0.05) is 12.5 Å². The van der Waals surface area contributed by atoms with Crippen molar-refractivity contribution in [3.63, 3.8) is 0 Å². The second-order valence-corrected chi connectivity index (χ2v) is 7.98. The number of sulfonamides is 1. The number of primary sulfonamides is 1. The number of hydrogen-bond acceptors (Lipinski definition) is 4. The fourth-order valence-corrected chi connectivity index (χ4v) is 3.25. The number of rotatable bonds is 7. The zero-order valence-corrected chi connectivity index (χ0v) is 14.0. The molecule has 0 spiro atoms. The first-order valence-corrected chi connectivity index (χ1v) is 9.37. The number of ether oxygens (including phenoxy) is 2. The summed E-state index contributed by atoms with van der Waals surface area (Å²) in [5.74, 6) is 1.74. The average Bonchev–Trinajstić information content (AvgIpc) is 2.90. The molecule has 2 unspecified atom stereocenters. The van der Waals surface area contributed by atoms with E-state index in [1.54, 1.807) is 0 Å². The molecule has 2 atom stereocenters. The molecular weight excluding hydrogens is 302 g/mol. The van der Waals surface area contributed by atoms with Crippen LogP contribution in [0.2, 0.25) is 0 Å². The van der Waals surface area contributed by atoms with Crippen molar-refractivity contribution >= 4 is 10.0 Å². The van der Waals surface area contributed by atoms with Crippen molar-refractivity contribution in [2.24, 2.45) is 17.0 Å². The molecule has 0 amide bonds. The lowest BCUT2D eigenvalue weighted by molar-refractivity contribution is 0.167. The maximum absolute atomic E-state index is 11.1. The normalized spacial score (nSPS) is 22.2. The van der Waals surface area contributed by atoms with Crippen molar-refractivity contribution in [3.05, 3.63) is 29.8 Å². The second kappa shape index (κ2) is 7.44. The monoisotopic (exact) mass is 327 g/mol. The van der Waals surface area contributed by atoms with Gasteiger partial charge in [-0.15, -0.1) is 0 Å². The van der Waals surface area contributed by atoms with Gasteiger partial charge >= 0.3 is 0 Å². The van der Waals surface area contributed by atoms with E-state index in [4.69, 9.17) is 14.6 Å². The summed E-state index contributed by atoms with van der Waals surface area (Å²) in [7, 11) is -3.41. The molecule has 1 aliphatic rings. The standard InChI is InChI=1S/C16H25NO4S/c1-12(2)13-3-5-16(6-4-13)21-11-15-10-20-9-14(15)7-8-22(17,18)19/h3-6,12,14-15H,7-11H2,1-2H3,(H2,17,18,19). The third-order valence-electron chi connectivity index (χ3n) is 4.11. The van der Waals surface area contributed by atoms with E-state index in [9.17, 15) is 8.42 Å². The van der Waals surface area contributed by atoms with E-state index in [1.807, 2.05) is 12.1 Å². The molecule has 1 aromatic carbocycles. The summed E-state index contributed by atoms with van der Waals surface area (Å²) < 4.78 is 33.4. The quantitative estimate of drug-likeness (QED) is 0.832. The zero-order chi connectivity index (χ0) is 16.2. The van der Waals surface area contributed by atoms with E-state index in [0.717, 1.165) is 5.75 Å². The van der Waals surface area contributed by atoms with Crippen LogP contribution in [0, 0.1) is 11.8 Å². The SMILES string of the molecule is CC(C)c1ccc(OCC2COCC2CCS(N)(=O)=O)cc1. The highest BCUT2D eigenvalue weighted by Crippen LogP contribution is 2.26. The van der Waals surface area contributed by atoms with Crippen LogP contribution >= 0.6 is 0 Å². The minimum atomic E-state index is -3.41. The molecule has 0 radical (unpaired) electrons. The summed E-state index contributed by atoms with van der Waals surface area (Å²) in [4.78, 5) is 0. The van der Waals surface area contributed by atoms with Gasteiger partial charge in [-0.3, -0.25) is 0 Å². The van der Waals surface area contributed by atoms with E-state index in [2.05, 4.69) is 26.0 Å². The van der Waals surface area contributed by atoms with Gasteiger partial charge in [0.15, 0.2) is 0 Å². The van der Waals surface area contributed by atoms with Gasteiger partial charge in [-0.2, -0.15) is 0 Å². The van der Waals surface area contributed by atoms with E-state index in [1.165, 1.54) is 5.56 Å². The molecule has 2 rings (SSSR count). The molecule has 0 saturated carbocycles. The largest absolute Gasteiger partial charge is 0.493 e. The predicted molar refractivity (Wildman–Crippen MR) is 86.4 cm³/mol. The summed E-state index contributed by atoms with van der Waals surface area (Å²) >= 11 is 0. The highest BCUT2D eigenvalue weighted by atomic mass is 32.2. The average molecular weight is 327 g/mol. The van der Waals surface area contributed by atoms with Crippen LogP contribution in [0.4, 0.5) is 0 Å². The summed E-state index contributed by atoms with van der Waals surface area (Å²) in [6, 6.07) is 8.10. The second-order valence-electron chi connectivity index (χ2n) is 6.25. The van der Waals surface area contributed by atoms with Crippen molar-refractivity contribution in [2.45, 2.75) is 26.2 Å². The van der Waals surface area contributed by atoms with Crippen LogP contribution < -0.4 is 9.88 Å². The minimum Gasteiger partial charge on any atom is -0.493 e. The van der Waals surface area contributed by atoms with Gasteiger partial charge in [0.1, 0.15) is 5.75 Å². The Hall–Kier alpha value is -1.11. The topological polar surface area (TPSA) is 78.6 Å². The molecule has 5 nitrogen and oxygen atoms in total. The first-order chi connectivity index (χ1) is 10.3. The van der Waals surface area contributed by atoms with E-state index in [-0.39, 0.29) is 17.6 Å². The van der Waals surface area contributed by atoms with Crippen LogP contribution in [0.3, 0.4) is 0 Å². The number of benzene rings is 1. The minimum absolute atomic E-state index is 0.000607. The van der Waals surface area contributed by atoms with Crippen LogP contribution in [0.25, 0.3) is 0 Å². The molecule has 22 heavy (non-hydrogen) atoms. The summed E-state index contributed by atoms with van der Waals surface area (Å²) in [6.45, 7) is 6.04. The van der Waals surface area contributed by atoms with Crippen LogP contribution in [0.15, 0.2) is 24.3 Å².